The van der Waals surface area contributed by atoms with E-state index in [0.29, 0.717) is 17.1 Å². The Morgan fingerprint density at radius 1 is 0.941 bits per heavy atom. The first kappa shape index (κ1) is 13.5. The van der Waals surface area contributed by atoms with Crippen molar-refractivity contribution in [1.29, 1.82) is 0 Å². The zero-order valence-corrected chi connectivity index (χ0v) is 10.4. The molecule has 94 valence electrons. The second-order valence-corrected chi connectivity index (χ2v) is 3.27. The molecule has 0 unspecified atom stereocenters. The number of benzene rings is 1. The van der Waals surface area contributed by atoms with E-state index in [1.54, 1.807) is 18.2 Å². The monoisotopic (exact) mass is 240 g/mol. The minimum Gasteiger partial charge on any atom is -0.497 e. The number of Topliss-reactive ketones (excluding diaryl/α,β-unsaturated/α-hetero) is 1. The third-order valence-electron chi connectivity index (χ3n) is 2.28. The van der Waals surface area contributed by atoms with Crippen molar-refractivity contribution in [2.24, 2.45) is 0 Å². The van der Waals surface area contributed by atoms with E-state index in [4.69, 9.17) is 18.9 Å². The highest BCUT2D eigenvalue weighted by molar-refractivity contribution is 5.99. The highest BCUT2D eigenvalue weighted by Crippen LogP contribution is 2.23. The van der Waals surface area contributed by atoms with Crippen molar-refractivity contribution in [2.45, 2.75) is 6.29 Å². The van der Waals surface area contributed by atoms with Crippen molar-refractivity contribution >= 4 is 5.78 Å². The quantitative estimate of drug-likeness (QED) is 0.557. The lowest BCUT2D eigenvalue weighted by Crippen LogP contribution is -2.24. The number of hydrogen-bond donors (Lipinski definition) is 0. The average molecular weight is 240 g/mol. The summed E-state index contributed by atoms with van der Waals surface area (Å²) in [6.45, 7) is 0. The molecule has 5 nitrogen and oxygen atoms in total. The normalized spacial score (nSPS) is 10.4. The van der Waals surface area contributed by atoms with Crippen LogP contribution in [0, 0.1) is 0 Å². The molecular formula is C12H16O5. The van der Waals surface area contributed by atoms with E-state index in [0.717, 1.165) is 0 Å². The molecule has 0 amide bonds. The summed E-state index contributed by atoms with van der Waals surface area (Å²) in [5.41, 5.74) is 0.412. The van der Waals surface area contributed by atoms with E-state index in [-0.39, 0.29) is 5.78 Å². The molecule has 0 heterocycles. The Morgan fingerprint density at radius 2 is 1.41 bits per heavy atom. The van der Waals surface area contributed by atoms with Crippen LogP contribution in [0.5, 0.6) is 11.5 Å². The van der Waals surface area contributed by atoms with E-state index < -0.39 is 6.29 Å². The number of carbonyl (C=O) groups is 1. The van der Waals surface area contributed by atoms with Gasteiger partial charge in [0.2, 0.25) is 12.1 Å². The highest BCUT2D eigenvalue weighted by atomic mass is 16.7. The number of rotatable bonds is 6. The number of ether oxygens (including phenoxy) is 4. The topological polar surface area (TPSA) is 54.0 Å². The minimum atomic E-state index is -0.924. The van der Waals surface area contributed by atoms with E-state index in [1.165, 1.54) is 28.4 Å². The van der Waals surface area contributed by atoms with Crippen LogP contribution in [-0.2, 0) is 9.47 Å². The largest absolute Gasteiger partial charge is 0.497 e. The molecule has 0 atom stereocenters. The van der Waals surface area contributed by atoms with Crippen molar-refractivity contribution in [3.63, 3.8) is 0 Å². The van der Waals surface area contributed by atoms with E-state index in [1.807, 2.05) is 0 Å². The summed E-state index contributed by atoms with van der Waals surface area (Å²) < 4.78 is 20.0. The number of hydrogen-bond acceptors (Lipinski definition) is 5. The molecule has 1 rings (SSSR count). The van der Waals surface area contributed by atoms with Gasteiger partial charge in [0, 0.05) is 25.8 Å². The van der Waals surface area contributed by atoms with Gasteiger partial charge in [-0.1, -0.05) is 0 Å². The van der Waals surface area contributed by atoms with E-state index in [9.17, 15) is 4.79 Å². The minimum absolute atomic E-state index is 0.285. The van der Waals surface area contributed by atoms with Crippen LogP contribution in [0.2, 0.25) is 0 Å². The number of methoxy groups -OCH3 is 4. The zero-order chi connectivity index (χ0) is 12.8. The molecule has 1 aromatic carbocycles. The molecule has 0 aromatic heterocycles. The molecule has 0 radical (unpaired) electrons. The third kappa shape index (κ3) is 3.18. The zero-order valence-electron chi connectivity index (χ0n) is 10.4. The SMILES string of the molecule is COc1cc(OC)cc(C(=O)C(OC)OC)c1. The Hall–Kier alpha value is -1.59. The molecule has 0 spiro atoms. The smallest absolute Gasteiger partial charge is 0.222 e. The predicted molar refractivity (Wildman–Crippen MR) is 61.7 cm³/mol. The standard InChI is InChI=1S/C12H16O5/c1-14-9-5-8(6-10(7-9)15-2)11(13)12(16-3)17-4/h5-7,12H,1-4H3. The van der Waals surface area contributed by atoms with Gasteiger partial charge in [-0.3, -0.25) is 4.79 Å². The van der Waals surface area contributed by atoms with Gasteiger partial charge in [0.25, 0.3) is 0 Å². The first-order valence-electron chi connectivity index (χ1n) is 4.99. The Morgan fingerprint density at radius 3 is 1.76 bits per heavy atom. The van der Waals surface area contributed by atoms with Crippen LogP contribution < -0.4 is 9.47 Å². The maximum atomic E-state index is 12.0. The number of ketones is 1. The molecule has 0 aliphatic rings. The first-order valence-corrected chi connectivity index (χ1v) is 4.99. The van der Waals surface area contributed by atoms with Crippen molar-refractivity contribution in [3.8, 4) is 11.5 Å². The fraction of sp³-hybridized carbons (Fsp3) is 0.417. The Labute approximate surface area is 100 Å². The molecule has 5 heteroatoms. The van der Waals surface area contributed by atoms with Gasteiger partial charge in [0.05, 0.1) is 14.2 Å². The second kappa shape index (κ2) is 6.22. The highest BCUT2D eigenvalue weighted by Gasteiger charge is 2.20. The van der Waals surface area contributed by atoms with Crippen LogP contribution in [-0.4, -0.2) is 40.5 Å². The first-order chi connectivity index (χ1) is 8.15. The second-order valence-electron chi connectivity index (χ2n) is 3.27. The molecule has 0 saturated carbocycles. The van der Waals surface area contributed by atoms with E-state index >= 15 is 0 Å². The lowest BCUT2D eigenvalue weighted by Gasteiger charge is -2.13. The molecule has 1 aromatic rings. The van der Waals surface area contributed by atoms with Crippen LogP contribution >= 0.6 is 0 Å². The third-order valence-corrected chi connectivity index (χ3v) is 2.28. The van der Waals surface area contributed by atoms with Gasteiger partial charge in [-0.15, -0.1) is 0 Å². The molecule has 0 N–H and O–H groups in total. The summed E-state index contributed by atoms with van der Waals surface area (Å²) in [4.78, 5) is 12.0. The lowest BCUT2D eigenvalue weighted by molar-refractivity contribution is -0.0742. The van der Waals surface area contributed by atoms with Crippen LogP contribution in [0.4, 0.5) is 0 Å². The van der Waals surface area contributed by atoms with Gasteiger partial charge in [-0.2, -0.15) is 0 Å². The Balaban J connectivity index is 3.07. The predicted octanol–water partition coefficient (Wildman–Crippen LogP) is 1.51. The number of carbonyl (C=O) groups excluding carboxylic acids is 1. The fourth-order valence-electron chi connectivity index (χ4n) is 1.40. The average Bonchev–Trinajstić information content (AvgIpc) is 2.39. The van der Waals surface area contributed by atoms with Crippen molar-refractivity contribution < 1.29 is 23.7 Å². The molecular weight excluding hydrogens is 224 g/mol. The van der Waals surface area contributed by atoms with Crippen LogP contribution in [0.15, 0.2) is 18.2 Å². The summed E-state index contributed by atoms with van der Waals surface area (Å²) in [5.74, 6) is 0.796. The summed E-state index contributed by atoms with van der Waals surface area (Å²) in [7, 11) is 5.85. The summed E-state index contributed by atoms with van der Waals surface area (Å²) in [6, 6.07) is 4.90. The van der Waals surface area contributed by atoms with E-state index in [2.05, 4.69) is 0 Å². The Bertz CT molecular complexity index is 362. The lowest BCUT2D eigenvalue weighted by atomic mass is 10.1. The summed E-state index contributed by atoms with van der Waals surface area (Å²) >= 11 is 0. The van der Waals surface area contributed by atoms with Crippen LogP contribution in [0.1, 0.15) is 10.4 Å². The molecule has 0 bridgehead atoms. The molecule has 0 fully saturated rings. The molecule has 0 saturated heterocycles. The maximum absolute atomic E-state index is 12.0. The van der Waals surface area contributed by atoms with Crippen molar-refractivity contribution in [2.75, 3.05) is 28.4 Å². The molecule has 17 heavy (non-hydrogen) atoms. The van der Waals surface area contributed by atoms with Gasteiger partial charge in [0.15, 0.2) is 0 Å². The summed E-state index contributed by atoms with van der Waals surface area (Å²) in [6.07, 6.45) is -0.924. The van der Waals surface area contributed by atoms with Crippen molar-refractivity contribution in [1.82, 2.24) is 0 Å². The van der Waals surface area contributed by atoms with Gasteiger partial charge in [0.1, 0.15) is 11.5 Å². The Kier molecular flexibility index (Phi) is 4.93. The van der Waals surface area contributed by atoms with Gasteiger partial charge in [-0.05, 0) is 12.1 Å². The van der Waals surface area contributed by atoms with Crippen molar-refractivity contribution in [3.05, 3.63) is 23.8 Å². The molecule has 0 aliphatic carbocycles. The molecule has 0 aliphatic heterocycles. The van der Waals surface area contributed by atoms with Crippen LogP contribution in [0.25, 0.3) is 0 Å². The van der Waals surface area contributed by atoms with Gasteiger partial charge in [-0.25, -0.2) is 0 Å². The van der Waals surface area contributed by atoms with Crippen LogP contribution in [0.3, 0.4) is 0 Å². The van der Waals surface area contributed by atoms with Gasteiger partial charge >= 0.3 is 0 Å². The summed E-state index contributed by atoms with van der Waals surface area (Å²) in [5, 5.41) is 0. The maximum Gasteiger partial charge on any atom is 0.222 e. The van der Waals surface area contributed by atoms with Gasteiger partial charge < -0.3 is 18.9 Å². The fourth-order valence-corrected chi connectivity index (χ4v) is 1.40.